The molecule has 1 aliphatic heterocycles. The fraction of sp³-hybridized carbons (Fsp3) is 0.304. The van der Waals surface area contributed by atoms with Crippen molar-refractivity contribution >= 4 is 5.91 Å². The summed E-state index contributed by atoms with van der Waals surface area (Å²) in [5, 5.41) is 14.5. The fourth-order valence-corrected chi connectivity index (χ4v) is 3.65. The van der Waals surface area contributed by atoms with E-state index in [0.717, 1.165) is 16.9 Å². The average molecular weight is 391 g/mol. The van der Waals surface area contributed by atoms with E-state index in [0.29, 0.717) is 43.7 Å². The van der Waals surface area contributed by atoms with Gasteiger partial charge >= 0.3 is 0 Å². The van der Waals surface area contributed by atoms with Crippen LogP contribution in [0.2, 0.25) is 0 Å². The van der Waals surface area contributed by atoms with Gasteiger partial charge in [0.15, 0.2) is 0 Å². The van der Waals surface area contributed by atoms with Gasteiger partial charge in [-0.05, 0) is 30.5 Å². The van der Waals surface area contributed by atoms with Gasteiger partial charge in [0.05, 0.1) is 25.3 Å². The highest BCUT2D eigenvalue weighted by Crippen LogP contribution is 2.28. The minimum absolute atomic E-state index is 0.0472. The van der Waals surface area contributed by atoms with Gasteiger partial charge < -0.3 is 14.7 Å². The zero-order valence-corrected chi connectivity index (χ0v) is 16.5. The number of rotatable bonds is 5. The predicted octanol–water partition coefficient (Wildman–Crippen LogP) is 3.20. The van der Waals surface area contributed by atoms with Gasteiger partial charge in [-0.2, -0.15) is 5.10 Å². The van der Waals surface area contributed by atoms with Crippen molar-refractivity contribution in [2.45, 2.75) is 25.5 Å². The van der Waals surface area contributed by atoms with Crippen LogP contribution >= 0.6 is 0 Å². The summed E-state index contributed by atoms with van der Waals surface area (Å²) in [6, 6.07) is 17.7. The first-order valence-electron chi connectivity index (χ1n) is 9.87. The molecule has 2 aromatic carbocycles. The first-order valence-corrected chi connectivity index (χ1v) is 9.87. The van der Waals surface area contributed by atoms with Crippen molar-refractivity contribution in [2.24, 2.45) is 0 Å². The van der Waals surface area contributed by atoms with E-state index in [4.69, 9.17) is 9.84 Å². The number of carbonyl (C=O) groups is 1. The highest BCUT2D eigenvalue weighted by Gasteiger charge is 2.26. The van der Waals surface area contributed by atoms with Crippen LogP contribution in [0.4, 0.5) is 0 Å². The Morgan fingerprint density at radius 1 is 1.14 bits per heavy atom. The van der Waals surface area contributed by atoms with Crippen LogP contribution in [0.25, 0.3) is 11.3 Å². The normalized spacial score (nSPS) is 14.8. The molecule has 6 heteroatoms. The highest BCUT2D eigenvalue weighted by atomic mass is 16.5. The lowest BCUT2D eigenvalue weighted by Gasteiger charge is -2.29. The molecule has 0 unspecified atom stereocenters. The van der Waals surface area contributed by atoms with Crippen LogP contribution in [0.3, 0.4) is 0 Å². The number of aliphatic hydroxyl groups is 1. The van der Waals surface area contributed by atoms with Crippen molar-refractivity contribution in [1.82, 2.24) is 14.7 Å². The van der Waals surface area contributed by atoms with Crippen LogP contribution in [-0.2, 0) is 6.54 Å². The molecule has 3 aromatic rings. The lowest BCUT2D eigenvalue weighted by atomic mass is 10.0. The van der Waals surface area contributed by atoms with Crippen molar-refractivity contribution in [3.8, 4) is 17.0 Å². The summed E-state index contributed by atoms with van der Waals surface area (Å²) in [6.07, 6.45) is 2.73. The molecular weight excluding hydrogens is 366 g/mol. The van der Waals surface area contributed by atoms with Crippen LogP contribution < -0.4 is 4.74 Å². The van der Waals surface area contributed by atoms with Crippen LogP contribution in [-0.4, -0.2) is 52.0 Å². The van der Waals surface area contributed by atoms with E-state index in [-0.39, 0.29) is 12.0 Å². The molecule has 0 bridgehead atoms. The third kappa shape index (κ3) is 4.32. The molecule has 1 aliphatic rings. The van der Waals surface area contributed by atoms with Gasteiger partial charge in [-0.25, -0.2) is 0 Å². The van der Waals surface area contributed by atoms with Gasteiger partial charge in [-0.3, -0.25) is 9.48 Å². The number of hydrogen-bond acceptors (Lipinski definition) is 4. The Morgan fingerprint density at radius 3 is 2.62 bits per heavy atom. The summed E-state index contributed by atoms with van der Waals surface area (Å²) in [5.74, 6) is 0.675. The Kier molecular flexibility index (Phi) is 5.62. The number of hydrogen-bond donors (Lipinski definition) is 1. The molecule has 4 rings (SSSR count). The number of methoxy groups -OCH3 is 1. The molecule has 1 aromatic heterocycles. The summed E-state index contributed by atoms with van der Waals surface area (Å²) < 4.78 is 7.17. The standard InChI is InChI=1S/C23H25N3O3/c1-29-20-9-5-8-18(14-20)22-21(23(28)25-12-10-19(27)11-13-25)16-26(24-22)15-17-6-3-2-4-7-17/h2-9,14,16,19,27H,10-13,15H2,1H3. The van der Waals surface area contributed by atoms with Crippen LogP contribution in [0.15, 0.2) is 60.8 Å². The van der Waals surface area contributed by atoms with Crippen LogP contribution in [0, 0.1) is 0 Å². The largest absolute Gasteiger partial charge is 0.497 e. The lowest BCUT2D eigenvalue weighted by Crippen LogP contribution is -2.40. The van der Waals surface area contributed by atoms with Crippen molar-refractivity contribution in [3.05, 3.63) is 71.9 Å². The molecule has 0 spiro atoms. The number of benzene rings is 2. The number of ether oxygens (including phenoxy) is 1. The minimum Gasteiger partial charge on any atom is -0.497 e. The van der Waals surface area contributed by atoms with Gasteiger partial charge in [0.25, 0.3) is 5.91 Å². The maximum absolute atomic E-state index is 13.3. The molecule has 0 saturated carbocycles. The molecule has 1 N–H and O–H groups in total. The number of aromatic nitrogens is 2. The smallest absolute Gasteiger partial charge is 0.257 e. The van der Waals surface area contributed by atoms with Crippen molar-refractivity contribution < 1.29 is 14.6 Å². The maximum Gasteiger partial charge on any atom is 0.257 e. The monoisotopic (exact) mass is 391 g/mol. The number of piperidine rings is 1. The van der Waals surface area contributed by atoms with E-state index >= 15 is 0 Å². The Labute approximate surface area is 170 Å². The zero-order valence-electron chi connectivity index (χ0n) is 16.5. The summed E-state index contributed by atoms with van der Waals surface area (Å²) in [5.41, 5.74) is 3.19. The second-order valence-corrected chi connectivity index (χ2v) is 7.33. The molecule has 2 heterocycles. The Balaban J connectivity index is 1.70. The summed E-state index contributed by atoms with van der Waals surface area (Å²) in [4.78, 5) is 15.1. The van der Waals surface area contributed by atoms with E-state index in [2.05, 4.69) is 0 Å². The molecule has 1 fully saturated rings. The fourth-order valence-electron chi connectivity index (χ4n) is 3.65. The number of aliphatic hydroxyl groups excluding tert-OH is 1. The molecule has 1 amide bonds. The first kappa shape index (κ1) is 19.2. The molecule has 29 heavy (non-hydrogen) atoms. The van der Waals surface area contributed by atoms with Crippen molar-refractivity contribution in [2.75, 3.05) is 20.2 Å². The Bertz CT molecular complexity index is 976. The number of carbonyl (C=O) groups excluding carboxylic acids is 1. The Morgan fingerprint density at radius 2 is 1.90 bits per heavy atom. The van der Waals surface area contributed by atoms with E-state index in [1.807, 2.05) is 65.5 Å². The van der Waals surface area contributed by atoms with Gasteiger partial charge in [-0.15, -0.1) is 0 Å². The van der Waals surface area contributed by atoms with E-state index < -0.39 is 0 Å². The zero-order chi connectivity index (χ0) is 20.2. The van der Waals surface area contributed by atoms with Crippen molar-refractivity contribution in [3.63, 3.8) is 0 Å². The highest BCUT2D eigenvalue weighted by molar-refractivity contribution is 6.00. The molecule has 0 aliphatic carbocycles. The third-order valence-corrected chi connectivity index (χ3v) is 5.27. The van der Waals surface area contributed by atoms with Crippen molar-refractivity contribution in [1.29, 1.82) is 0 Å². The summed E-state index contributed by atoms with van der Waals surface area (Å²) >= 11 is 0. The molecule has 6 nitrogen and oxygen atoms in total. The van der Waals surface area contributed by atoms with Gasteiger partial charge in [0.1, 0.15) is 11.4 Å². The van der Waals surface area contributed by atoms with E-state index in [9.17, 15) is 9.90 Å². The molecule has 0 radical (unpaired) electrons. The SMILES string of the molecule is COc1cccc(-c2nn(Cc3ccccc3)cc2C(=O)N2CCC(O)CC2)c1. The Hall–Kier alpha value is -3.12. The second kappa shape index (κ2) is 8.49. The van der Waals surface area contributed by atoms with Gasteiger partial charge in [0.2, 0.25) is 0 Å². The third-order valence-electron chi connectivity index (χ3n) is 5.27. The molecule has 150 valence electrons. The topological polar surface area (TPSA) is 67.6 Å². The minimum atomic E-state index is -0.322. The summed E-state index contributed by atoms with van der Waals surface area (Å²) in [7, 11) is 1.62. The average Bonchev–Trinajstić information content (AvgIpc) is 3.18. The van der Waals surface area contributed by atoms with Gasteiger partial charge in [-0.1, -0.05) is 42.5 Å². The van der Waals surface area contributed by atoms with E-state index in [1.165, 1.54) is 0 Å². The number of likely N-dealkylation sites (tertiary alicyclic amines) is 1. The quantitative estimate of drug-likeness (QED) is 0.725. The summed E-state index contributed by atoms with van der Waals surface area (Å²) in [6.45, 7) is 1.70. The van der Waals surface area contributed by atoms with Crippen LogP contribution in [0.1, 0.15) is 28.8 Å². The molecule has 1 saturated heterocycles. The lowest BCUT2D eigenvalue weighted by molar-refractivity contribution is 0.0547. The predicted molar refractivity (Wildman–Crippen MR) is 111 cm³/mol. The number of amides is 1. The molecule has 0 atom stereocenters. The number of nitrogens with zero attached hydrogens (tertiary/aromatic N) is 3. The van der Waals surface area contributed by atoms with Gasteiger partial charge in [0, 0.05) is 24.8 Å². The van der Waals surface area contributed by atoms with Crippen LogP contribution in [0.5, 0.6) is 5.75 Å². The first-order chi connectivity index (χ1) is 14.1. The maximum atomic E-state index is 13.3. The molecular formula is C23H25N3O3. The second-order valence-electron chi connectivity index (χ2n) is 7.33. The van der Waals surface area contributed by atoms with E-state index in [1.54, 1.807) is 12.0 Å².